The van der Waals surface area contributed by atoms with Crippen LogP contribution in [0, 0.1) is 6.92 Å². The zero-order chi connectivity index (χ0) is 23.2. The second kappa shape index (κ2) is 17.3. The molecule has 0 aromatic heterocycles. The predicted octanol–water partition coefficient (Wildman–Crippen LogP) is 1.48. The van der Waals surface area contributed by atoms with E-state index in [1.807, 2.05) is 32.0 Å². The van der Waals surface area contributed by atoms with Crippen LogP contribution in [0.25, 0.3) is 6.08 Å². The first-order valence-corrected chi connectivity index (χ1v) is 9.40. The molecule has 0 fully saturated rings. The van der Waals surface area contributed by atoms with Crippen LogP contribution in [-0.2, 0) is 15.8 Å². The van der Waals surface area contributed by atoms with Crippen molar-refractivity contribution in [2.75, 3.05) is 13.2 Å². The van der Waals surface area contributed by atoms with Gasteiger partial charge in [0.2, 0.25) is 6.41 Å². The predicted molar refractivity (Wildman–Crippen MR) is 110 cm³/mol. The molecule has 2 rings (SSSR count). The maximum absolute atomic E-state index is 12.6. The molecular weight excluding hydrogens is 434 g/mol. The molecule has 0 aliphatic carbocycles. The Morgan fingerprint density at radius 3 is 2.06 bits per heavy atom. The second-order valence-corrected chi connectivity index (χ2v) is 5.91. The number of aryl methyl sites for hydroxylation is 1. The molecule has 2 amide bonds. The molecule has 0 spiro atoms. The first kappa shape index (κ1) is 31.9. The fourth-order valence-electron chi connectivity index (χ4n) is 2.18. The monoisotopic (exact) mass is 461 g/mol. The summed E-state index contributed by atoms with van der Waals surface area (Å²) in [5.41, 5.74) is 0.740. The van der Waals surface area contributed by atoms with Gasteiger partial charge in [-0.2, -0.15) is 13.2 Å². The summed E-state index contributed by atoms with van der Waals surface area (Å²) in [6.45, 7) is 6.53. The van der Waals surface area contributed by atoms with Crippen LogP contribution in [0.4, 0.5) is 13.2 Å². The Kier molecular flexibility index (Phi) is 17.8. The number of rotatable bonds is 5. The van der Waals surface area contributed by atoms with Gasteiger partial charge in [-0.3, -0.25) is 14.5 Å². The standard InChI is InChI=1S/C14H13F3NO3.C7H8.C2H6.K/c1-10(13(21)18(9-20)5-6-19)7-11-3-2-4-12(8-11)14(15,16)17;1-7-5-3-2-4-6-7;1-2;/h2-4,7-9H,5-6H2,1H3;2-6H,1H3;1-2H3;/q-1;;;+1/b10-7+;;;. The Morgan fingerprint density at radius 1 is 1.06 bits per heavy atom. The van der Waals surface area contributed by atoms with Crippen molar-refractivity contribution < 1.29 is 79.3 Å². The maximum Gasteiger partial charge on any atom is 1.00 e. The normalized spacial score (nSPS) is 10.4. The third kappa shape index (κ3) is 13.0. The summed E-state index contributed by atoms with van der Waals surface area (Å²) in [5.74, 6) is -0.710. The van der Waals surface area contributed by atoms with Crippen LogP contribution in [0.3, 0.4) is 0 Å². The summed E-state index contributed by atoms with van der Waals surface area (Å²) in [7, 11) is 0. The van der Waals surface area contributed by atoms with Gasteiger partial charge in [-0.1, -0.05) is 61.9 Å². The largest absolute Gasteiger partial charge is 1.00 e. The molecule has 31 heavy (non-hydrogen) atoms. The van der Waals surface area contributed by atoms with Gasteiger partial charge in [-0.25, -0.2) is 0 Å². The fraction of sp³-hybridized carbons (Fsp3) is 0.304. The van der Waals surface area contributed by atoms with Crippen molar-refractivity contribution in [2.24, 2.45) is 0 Å². The van der Waals surface area contributed by atoms with E-state index in [1.165, 1.54) is 30.7 Å². The topological polar surface area (TPSA) is 60.4 Å². The number of carbonyl (C=O) groups is 2. The summed E-state index contributed by atoms with van der Waals surface area (Å²) in [5, 5.41) is 10.4. The van der Waals surface area contributed by atoms with E-state index in [4.69, 9.17) is 0 Å². The summed E-state index contributed by atoms with van der Waals surface area (Å²) in [6, 6.07) is 14.7. The Labute approximate surface area is 224 Å². The van der Waals surface area contributed by atoms with E-state index in [9.17, 15) is 27.9 Å². The molecule has 0 aliphatic heterocycles. The van der Waals surface area contributed by atoms with E-state index >= 15 is 0 Å². The minimum Gasteiger partial charge on any atom is -0.853 e. The maximum atomic E-state index is 12.6. The van der Waals surface area contributed by atoms with Gasteiger partial charge in [0.1, 0.15) is 0 Å². The number of hydrogen-bond donors (Lipinski definition) is 0. The third-order valence-corrected chi connectivity index (χ3v) is 3.60. The first-order valence-electron chi connectivity index (χ1n) is 9.40. The SMILES string of the molecule is C/C(=C\c1cccc(C(F)(F)F)c1)C(=O)N(C=O)CC[O-].CC.Cc1ccccc1.[K+]. The minimum atomic E-state index is -4.47. The molecule has 0 saturated heterocycles. The first-order chi connectivity index (χ1) is 14.2. The van der Waals surface area contributed by atoms with Crippen molar-refractivity contribution in [1.29, 1.82) is 0 Å². The summed E-state index contributed by atoms with van der Waals surface area (Å²) in [4.78, 5) is 23.2. The minimum absolute atomic E-state index is 0. The van der Waals surface area contributed by atoms with Crippen molar-refractivity contribution in [3.8, 4) is 0 Å². The van der Waals surface area contributed by atoms with Gasteiger partial charge in [-0.05, 0) is 37.6 Å². The fourth-order valence-corrected chi connectivity index (χ4v) is 2.18. The molecule has 2 aromatic rings. The molecule has 0 radical (unpaired) electrons. The molecule has 2 aromatic carbocycles. The summed E-state index contributed by atoms with van der Waals surface area (Å²) in [6.07, 6.45) is -3.01. The van der Waals surface area contributed by atoms with E-state index in [0.29, 0.717) is 4.90 Å². The number of alkyl halides is 3. The summed E-state index contributed by atoms with van der Waals surface area (Å²) >= 11 is 0. The van der Waals surface area contributed by atoms with Crippen LogP contribution in [0.15, 0.2) is 60.2 Å². The Balaban J connectivity index is 0. The van der Waals surface area contributed by atoms with Crippen molar-refractivity contribution in [3.05, 3.63) is 76.9 Å². The van der Waals surface area contributed by atoms with E-state index in [0.717, 1.165) is 12.1 Å². The van der Waals surface area contributed by atoms with Gasteiger partial charge in [0, 0.05) is 12.1 Å². The zero-order valence-electron chi connectivity index (χ0n) is 18.6. The van der Waals surface area contributed by atoms with E-state index < -0.39 is 24.3 Å². The molecule has 0 saturated carbocycles. The number of carbonyl (C=O) groups excluding carboxylic acids is 2. The number of imide groups is 1. The molecule has 0 unspecified atom stereocenters. The Hall–Kier alpha value is -1.29. The molecule has 0 bridgehead atoms. The van der Waals surface area contributed by atoms with E-state index in [1.54, 1.807) is 0 Å². The van der Waals surface area contributed by atoms with Crippen LogP contribution in [0.2, 0.25) is 0 Å². The second-order valence-electron chi connectivity index (χ2n) is 5.91. The van der Waals surface area contributed by atoms with Crippen LogP contribution < -0.4 is 56.5 Å². The Morgan fingerprint density at radius 2 is 1.65 bits per heavy atom. The molecule has 164 valence electrons. The van der Waals surface area contributed by atoms with Crippen molar-refractivity contribution >= 4 is 18.4 Å². The van der Waals surface area contributed by atoms with Gasteiger partial charge < -0.3 is 5.11 Å². The van der Waals surface area contributed by atoms with Gasteiger partial charge in [0.25, 0.3) is 5.91 Å². The van der Waals surface area contributed by atoms with Crippen molar-refractivity contribution in [1.82, 2.24) is 4.90 Å². The van der Waals surface area contributed by atoms with Crippen LogP contribution >= 0.6 is 0 Å². The smallest absolute Gasteiger partial charge is 0.853 e. The molecule has 0 N–H and O–H groups in total. The molecule has 0 heterocycles. The quantitative estimate of drug-likeness (QED) is 0.385. The van der Waals surface area contributed by atoms with Crippen LogP contribution in [-0.4, -0.2) is 30.4 Å². The average Bonchev–Trinajstić information content (AvgIpc) is 2.73. The Bertz CT molecular complexity index is 809. The number of benzene rings is 2. The summed E-state index contributed by atoms with van der Waals surface area (Å²) < 4.78 is 37.7. The molecule has 0 aliphatic rings. The van der Waals surface area contributed by atoms with E-state index in [-0.39, 0.29) is 75.5 Å². The number of halogens is 3. The van der Waals surface area contributed by atoms with Gasteiger partial charge in [0.15, 0.2) is 0 Å². The molecule has 4 nitrogen and oxygen atoms in total. The average molecular weight is 462 g/mol. The van der Waals surface area contributed by atoms with Gasteiger partial charge in [-0.15, -0.1) is 6.61 Å². The molecule has 0 atom stereocenters. The van der Waals surface area contributed by atoms with Crippen LogP contribution in [0.5, 0.6) is 0 Å². The van der Waals surface area contributed by atoms with Gasteiger partial charge >= 0.3 is 57.6 Å². The number of nitrogens with zero attached hydrogens (tertiary/aromatic N) is 1. The van der Waals surface area contributed by atoms with Crippen molar-refractivity contribution in [2.45, 2.75) is 33.9 Å². The third-order valence-electron chi connectivity index (χ3n) is 3.60. The number of amides is 2. The van der Waals surface area contributed by atoms with Gasteiger partial charge in [0.05, 0.1) is 5.56 Å². The van der Waals surface area contributed by atoms with E-state index in [2.05, 4.69) is 19.1 Å². The number of hydrogen-bond acceptors (Lipinski definition) is 3. The van der Waals surface area contributed by atoms with Crippen molar-refractivity contribution in [3.63, 3.8) is 0 Å². The zero-order valence-corrected chi connectivity index (χ0v) is 21.7. The molecule has 8 heteroatoms. The molecular formula is C23H27F3KNO3. The van der Waals surface area contributed by atoms with Crippen LogP contribution in [0.1, 0.15) is 37.5 Å².